The third kappa shape index (κ3) is 4.87. The van der Waals surface area contributed by atoms with Crippen molar-refractivity contribution in [1.29, 1.82) is 0 Å². The molecule has 0 bridgehead atoms. The Morgan fingerprint density at radius 1 is 0.974 bits per heavy atom. The monoisotopic (exact) mass is 545 g/mol. The highest BCUT2D eigenvalue weighted by Gasteiger charge is 2.43. The van der Waals surface area contributed by atoms with Crippen LogP contribution in [0.5, 0.6) is 11.5 Å². The first-order valence-corrected chi connectivity index (χ1v) is 12.2. The van der Waals surface area contributed by atoms with Crippen molar-refractivity contribution in [1.82, 2.24) is 10.3 Å². The van der Waals surface area contributed by atoms with E-state index in [-0.39, 0.29) is 11.1 Å². The summed E-state index contributed by atoms with van der Waals surface area (Å²) in [6.45, 7) is 0. The van der Waals surface area contributed by atoms with E-state index in [2.05, 4.69) is 10.3 Å². The highest BCUT2D eigenvalue weighted by molar-refractivity contribution is 7.80. The zero-order chi connectivity index (χ0) is 27.7. The van der Waals surface area contributed by atoms with Crippen LogP contribution >= 0.6 is 12.2 Å². The SMILES string of the molecule is COc1ccc(OC)c(N2C(=S)N[C@H](c3ccccn3)[C@H]2c2ccc(-c3cc(C(=O)O)cc(C(=O)O)c3)o2)c1. The van der Waals surface area contributed by atoms with Crippen LogP contribution in [-0.4, -0.2) is 46.5 Å². The molecule has 3 N–H and O–H groups in total. The molecule has 39 heavy (non-hydrogen) atoms. The summed E-state index contributed by atoms with van der Waals surface area (Å²) in [5.74, 6) is -0.564. The molecule has 2 atom stereocenters. The van der Waals surface area contributed by atoms with Gasteiger partial charge >= 0.3 is 11.9 Å². The fourth-order valence-corrected chi connectivity index (χ4v) is 4.91. The van der Waals surface area contributed by atoms with E-state index in [9.17, 15) is 19.8 Å². The number of anilines is 1. The van der Waals surface area contributed by atoms with Gasteiger partial charge in [-0.05, 0) is 66.8 Å². The van der Waals surface area contributed by atoms with Gasteiger partial charge in [0.05, 0.1) is 42.8 Å². The molecule has 1 saturated heterocycles. The zero-order valence-corrected chi connectivity index (χ0v) is 21.6. The third-order valence-electron chi connectivity index (χ3n) is 6.37. The van der Waals surface area contributed by atoms with Crippen LogP contribution in [0.15, 0.2) is 77.3 Å². The average Bonchev–Trinajstić information content (AvgIpc) is 3.57. The number of carboxylic acid groups (broad SMARTS) is 2. The first-order chi connectivity index (χ1) is 18.8. The molecule has 1 fully saturated rings. The Kier molecular flexibility index (Phi) is 6.90. The lowest BCUT2D eigenvalue weighted by Crippen LogP contribution is -2.29. The van der Waals surface area contributed by atoms with Gasteiger partial charge in [0, 0.05) is 17.8 Å². The van der Waals surface area contributed by atoms with E-state index in [0.717, 1.165) is 6.07 Å². The standard InChI is InChI=1S/C28H23N3O7S/c1-36-18-6-7-22(37-2)20(14-18)31-25(24(30-28(31)39)19-5-3-4-10-29-19)23-9-8-21(38-23)15-11-16(26(32)33)13-17(12-15)27(34)35/h3-14,24-25H,1-2H3,(H,30,39)(H,32,33)(H,34,35)/t24-,25-/m1/s1. The van der Waals surface area contributed by atoms with Crippen molar-refractivity contribution in [2.24, 2.45) is 0 Å². The van der Waals surface area contributed by atoms with E-state index >= 15 is 0 Å². The number of ether oxygens (including phenoxy) is 2. The summed E-state index contributed by atoms with van der Waals surface area (Å²) in [4.78, 5) is 29.7. The summed E-state index contributed by atoms with van der Waals surface area (Å²) in [6.07, 6.45) is 1.68. The molecule has 0 spiro atoms. The van der Waals surface area contributed by atoms with Gasteiger partial charge in [0.2, 0.25) is 0 Å². The van der Waals surface area contributed by atoms with Crippen LogP contribution in [0.2, 0.25) is 0 Å². The summed E-state index contributed by atoms with van der Waals surface area (Å²) in [5.41, 5.74) is 1.33. The van der Waals surface area contributed by atoms with Crippen molar-refractivity contribution in [3.8, 4) is 22.8 Å². The number of nitrogens with one attached hydrogen (secondary N) is 1. The molecule has 0 unspecified atom stereocenters. The molecule has 1 aliphatic rings. The van der Waals surface area contributed by atoms with Crippen LogP contribution in [0.4, 0.5) is 5.69 Å². The lowest BCUT2D eigenvalue weighted by atomic mass is 10.0. The molecule has 0 saturated carbocycles. The number of carboxylic acids is 2. The van der Waals surface area contributed by atoms with E-state index in [1.807, 2.05) is 23.1 Å². The van der Waals surface area contributed by atoms with Crippen LogP contribution in [0.25, 0.3) is 11.3 Å². The minimum Gasteiger partial charge on any atom is -0.497 e. The molecule has 198 valence electrons. The van der Waals surface area contributed by atoms with Crippen molar-refractivity contribution in [2.45, 2.75) is 12.1 Å². The second-order valence-corrected chi connectivity index (χ2v) is 9.03. The van der Waals surface area contributed by atoms with E-state index < -0.39 is 24.0 Å². The first-order valence-electron chi connectivity index (χ1n) is 11.7. The van der Waals surface area contributed by atoms with Gasteiger partial charge < -0.3 is 34.3 Å². The Morgan fingerprint density at radius 2 is 1.72 bits per heavy atom. The maximum atomic E-state index is 11.6. The molecule has 1 aliphatic heterocycles. The van der Waals surface area contributed by atoms with Gasteiger partial charge in [-0.2, -0.15) is 0 Å². The number of pyridine rings is 1. The summed E-state index contributed by atoms with van der Waals surface area (Å²) in [7, 11) is 3.12. The van der Waals surface area contributed by atoms with E-state index in [1.54, 1.807) is 50.7 Å². The highest BCUT2D eigenvalue weighted by atomic mass is 32.1. The van der Waals surface area contributed by atoms with Crippen molar-refractivity contribution >= 4 is 35.0 Å². The molecule has 11 heteroatoms. The molecule has 2 aromatic carbocycles. The number of rotatable bonds is 8. The zero-order valence-electron chi connectivity index (χ0n) is 20.8. The van der Waals surface area contributed by atoms with Gasteiger partial charge in [0.25, 0.3) is 0 Å². The summed E-state index contributed by atoms with van der Waals surface area (Å²) in [6, 6.07) is 17.2. The largest absolute Gasteiger partial charge is 0.497 e. The number of benzene rings is 2. The number of hydrogen-bond acceptors (Lipinski definition) is 7. The van der Waals surface area contributed by atoms with Crippen molar-refractivity contribution in [3.63, 3.8) is 0 Å². The molecule has 4 aromatic rings. The number of methoxy groups -OCH3 is 2. The molecule has 2 aromatic heterocycles. The summed E-state index contributed by atoms with van der Waals surface area (Å²) < 4.78 is 17.4. The third-order valence-corrected chi connectivity index (χ3v) is 6.69. The Morgan fingerprint density at radius 3 is 2.33 bits per heavy atom. The number of carbonyl (C=O) groups is 2. The predicted molar refractivity (Wildman–Crippen MR) is 146 cm³/mol. The molecular formula is C28H23N3O7S. The normalized spacial score (nSPS) is 16.6. The Balaban J connectivity index is 1.65. The molecule has 3 heterocycles. The second kappa shape index (κ2) is 10.5. The number of hydrogen-bond donors (Lipinski definition) is 3. The minimum atomic E-state index is -1.25. The molecule has 0 aliphatic carbocycles. The fraction of sp³-hybridized carbons (Fsp3) is 0.143. The maximum absolute atomic E-state index is 11.6. The van der Waals surface area contributed by atoms with E-state index in [1.165, 1.54) is 12.1 Å². The number of furan rings is 1. The molecule has 0 radical (unpaired) electrons. The van der Waals surface area contributed by atoms with Gasteiger partial charge in [-0.3, -0.25) is 4.98 Å². The van der Waals surface area contributed by atoms with Crippen molar-refractivity contribution in [2.75, 3.05) is 19.1 Å². The van der Waals surface area contributed by atoms with Crippen LogP contribution < -0.4 is 19.7 Å². The number of thiocarbonyl (C=S) groups is 1. The lowest BCUT2D eigenvalue weighted by molar-refractivity contribution is 0.0696. The van der Waals surface area contributed by atoms with Gasteiger partial charge in [0.15, 0.2) is 5.11 Å². The highest BCUT2D eigenvalue weighted by Crippen LogP contribution is 2.46. The second-order valence-electron chi connectivity index (χ2n) is 8.65. The van der Waals surface area contributed by atoms with Crippen molar-refractivity contribution < 1.29 is 33.7 Å². The molecule has 5 rings (SSSR count). The smallest absolute Gasteiger partial charge is 0.335 e. The number of aromatic nitrogens is 1. The van der Waals surface area contributed by atoms with Crippen molar-refractivity contribution in [3.05, 3.63) is 95.5 Å². The van der Waals surface area contributed by atoms with Crippen LogP contribution in [0.1, 0.15) is 44.3 Å². The average molecular weight is 546 g/mol. The molecule has 0 amide bonds. The van der Waals surface area contributed by atoms with Gasteiger partial charge in [-0.25, -0.2) is 9.59 Å². The minimum absolute atomic E-state index is 0.166. The van der Waals surface area contributed by atoms with E-state index in [4.69, 9.17) is 26.1 Å². The summed E-state index contributed by atoms with van der Waals surface area (Å²) in [5, 5.41) is 22.7. The topological polar surface area (TPSA) is 134 Å². The maximum Gasteiger partial charge on any atom is 0.335 e. The van der Waals surface area contributed by atoms with Crippen LogP contribution in [0, 0.1) is 0 Å². The Labute approximate surface area is 228 Å². The Bertz CT molecular complexity index is 1540. The predicted octanol–water partition coefficient (Wildman–Crippen LogP) is 4.93. The lowest BCUT2D eigenvalue weighted by Gasteiger charge is -2.27. The quantitative estimate of drug-likeness (QED) is 0.260. The number of aromatic carboxylic acids is 2. The number of nitrogens with zero attached hydrogens (tertiary/aromatic N) is 2. The van der Waals surface area contributed by atoms with Gasteiger partial charge in [-0.15, -0.1) is 0 Å². The first kappa shape index (κ1) is 25.7. The van der Waals surface area contributed by atoms with Gasteiger partial charge in [-0.1, -0.05) is 6.07 Å². The fourth-order valence-electron chi connectivity index (χ4n) is 4.57. The summed E-state index contributed by atoms with van der Waals surface area (Å²) >= 11 is 5.77. The van der Waals surface area contributed by atoms with Gasteiger partial charge in [0.1, 0.15) is 29.1 Å². The Hall–Kier alpha value is -4.90. The molecular weight excluding hydrogens is 522 g/mol. The van der Waals surface area contributed by atoms with E-state index in [0.29, 0.717) is 45.1 Å². The van der Waals surface area contributed by atoms with Crippen LogP contribution in [-0.2, 0) is 0 Å². The molecule has 10 nitrogen and oxygen atoms in total. The van der Waals surface area contributed by atoms with Crippen LogP contribution in [0.3, 0.4) is 0 Å².